The molecule has 68 valence electrons. The Morgan fingerprint density at radius 2 is 2.00 bits per heavy atom. The van der Waals surface area contributed by atoms with Gasteiger partial charge in [-0.3, -0.25) is 4.79 Å². The zero-order valence-electron chi connectivity index (χ0n) is 7.10. The second kappa shape index (κ2) is 4.67. The van der Waals surface area contributed by atoms with E-state index in [-0.39, 0.29) is 10.8 Å². The number of oxime groups is 1. The molecular formula is C9H9NO2S. The molecular weight excluding hydrogens is 186 g/mol. The highest BCUT2D eigenvalue weighted by atomic mass is 32.2. The highest BCUT2D eigenvalue weighted by molar-refractivity contribution is 8.15. The minimum atomic E-state index is -0.239. The van der Waals surface area contributed by atoms with Crippen molar-refractivity contribution < 1.29 is 10.0 Å². The topological polar surface area (TPSA) is 49.7 Å². The first-order chi connectivity index (χ1) is 6.24. The Kier molecular flexibility index (Phi) is 3.52. The van der Waals surface area contributed by atoms with Crippen molar-refractivity contribution in [2.75, 3.05) is 0 Å². The molecule has 0 spiro atoms. The molecule has 0 heterocycles. The molecule has 0 saturated carbocycles. The number of nitrogens with zero attached hydrogens (tertiary/aromatic N) is 1. The zero-order chi connectivity index (χ0) is 9.68. The lowest BCUT2D eigenvalue weighted by Gasteiger charge is -1.98. The van der Waals surface area contributed by atoms with Crippen LogP contribution in [0.15, 0.2) is 40.4 Å². The summed E-state index contributed by atoms with van der Waals surface area (Å²) < 4.78 is 0. The lowest BCUT2D eigenvalue weighted by Crippen LogP contribution is -2.04. The predicted molar refractivity (Wildman–Crippen MR) is 52.2 cm³/mol. The Bertz CT molecular complexity index is 322. The molecule has 0 aliphatic heterocycles. The van der Waals surface area contributed by atoms with Crippen LogP contribution in [-0.2, 0) is 4.79 Å². The quantitative estimate of drug-likeness (QED) is 0.258. The molecule has 1 rings (SSSR count). The van der Waals surface area contributed by atoms with Gasteiger partial charge in [-0.15, -0.1) is 0 Å². The summed E-state index contributed by atoms with van der Waals surface area (Å²) in [5, 5.41) is 11.5. The van der Waals surface area contributed by atoms with Crippen LogP contribution in [0.5, 0.6) is 0 Å². The van der Waals surface area contributed by atoms with Crippen molar-refractivity contribution in [1.29, 1.82) is 0 Å². The Hall–Kier alpha value is -1.29. The molecule has 0 aliphatic rings. The first-order valence-corrected chi connectivity index (χ1v) is 4.51. The number of rotatable bonds is 2. The highest BCUT2D eigenvalue weighted by Gasteiger charge is 2.07. The number of hydrogen-bond donors (Lipinski definition) is 1. The average Bonchev–Trinajstić information content (AvgIpc) is 2.15. The molecule has 0 bridgehead atoms. The molecule has 1 N–H and O–H groups in total. The molecule has 1 aromatic carbocycles. The number of carbonyl (C=O) groups is 1. The second-order valence-corrected chi connectivity index (χ2v) is 3.44. The van der Waals surface area contributed by atoms with Crippen molar-refractivity contribution in [3.05, 3.63) is 30.3 Å². The van der Waals surface area contributed by atoms with Gasteiger partial charge in [0.1, 0.15) is 0 Å². The van der Waals surface area contributed by atoms with Gasteiger partial charge in [0.05, 0.1) is 0 Å². The molecule has 0 aromatic heterocycles. The van der Waals surface area contributed by atoms with Crippen LogP contribution >= 0.6 is 11.8 Å². The van der Waals surface area contributed by atoms with Crippen LogP contribution in [0.1, 0.15) is 6.92 Å². The van der Waals surface area contributed by atoms with Crippen molar-refractivity contribution in [3.63, 3.8) is 0 Å². The smallest absolute Gasteiger partial charge is 0.188 e. The second-order valence-electron chi connectivity index (χ2n) is 2.38. The van der Waals surface area contributed by atoms with Crippen LogP contribution in [0.4, 0.5) is 0 Å². The van der Waals surface area contributed by atoms with Crippen LogP contribution in [0, 0.1) is 0 Å². The summed E-state index contributed by atoms with van der Waals surface area (Å²) in [6.45, 7) is 1.37. The lowest BCUT2D eigenvalue weighted by molar-refractivity contribution is -0.110. The molecule has 1 aromatic rings. The van der Waals surface area contributed by atoms with Gasteiger partial charge < -0.3 is 5.21 Å². The molecule has 3 nitrogen and oxygen atoms in total. The predicted octanol–water partition coefficient (Wildman–Crippen LogP) is 2.16. The van der Waals surface area contributed by atoms with Crippen LogP contribution in [0.25, 0.3) is 0 Å². The van der Waals surface area contributed by atoms with E-state index in [0.29, 0.717) is 0 Å². The molecule has 0 saturated heterocycles. The van der Waals surface area contributed by atoms with E-state index in [4.69, 9.17) is 5.21 Å². The normalized spacial score (nSPS) is 11.3. The van der Waals surface area contributed by atoms with Crippen LogP contribution in [-0.4, -0.2) is 16.0 Å². The summed E-state index contributed by atoms with van der Waals surface area (Å²) in [6.07, 6.45) is 0. The Labute approximate surface area is 80.5 Å². The molecule has 13 heavy (non-hydrogen) atoms. The van der Waals surface area contributed by atoms with Gasteiger partial charge >= 0.3 is 0 Å². The van der Waals surface area contributed by atoms with Crippen LogP contribution < -0.4 is 0 Å². The van der Waals surface area contributed by atoms with Crippen LogP contribution in [0.2, 0.25) is 0 Å². The van der Waals surface area contributed by atoms with E-state index >= 15 is 0 Å². The molecule has 0 radical (unpaired) electrons. The largest absolute Gasteiger partial charge is 0.410 e. The summed E-state index contributed by atoms with van der Waals surface area (Å²) in [4.78, 5) is 11.7. The van der Waals surface area contributed by atoms with E-state index in [1.807, 2.05) is 30.3 Å². The third-order valence-corrected chi connectivity index (χ3v) is 2.42. The van der Waals surface area contributed by atoms with Gasteiger partial charge in [-0.2, -0.15) is 0 Å². The maximum Gasteiger partial charge on any atom is 0.188 e. The van der Waals surface area contributed by atoms with Gasteiger partial charge in [0.25, 0.3) is 0 Å². The third kappa shape index (κ3) is 2.91. The summed E-state index contributed by atoms with van der Waals surface area (Å²) in [5.74, 6) is -0.239. The summed E-state index contributed by atoms with van der Waals surface area (Å²) in [7, 11) is 0. The number of Topliss-reactive ketones (excluding diaryl/α,β-unsaturated/α-hetero) is 1. The zero-order valence-corrected chi connectivity index (χ0v) is 7.91. The first kappa shape index (κ1) is 9.80. The maximum atomic E-state index is 10.9. The lowest BCUT2D eigenvalue weighted by atomic mass is 10.4. The summed E-state index contributed by atoms with van der Waals surface area (Å²) >= 11 is 1.15. The first-order valence-electron chi connectivity index (χ1n) is 3.70. The monoisotopic (exact) mass is 195 g/mol. The van der Waals surface area contributed by atoms with Gasteiger partial charge in [0.2, 0.25) is 0 Å². The number of thioether (sulfide) groups is 1. The van der Waals surface area contributed by atoms with Crippen molar-refractivity contribution in [3.8, 4) is 0 Å². The number of hydrogen-bond acceptors (Lipinski definition) is 4. The van der Waals surface area contributed by atoms with Gasteiger partial charge in [-0.25, -0.2) is 0 Å². The molecule has 0 fully saturated rings. The third-order valence-electron chi connectivity index (χ3n) is 1.35. The van der Waals surface area contributed by atoms with Crippen molar-refractivity contribution in [2.24, 2.45) is 5.16 Å². The fourth-order valence-corrected chi connectivity index (χ4v) is 1.46. The van der Waals surface area contributed by atoms with Gasteiger partial charge in [0.15, 0.2) is 10.8 Å². The minimum Gasteiger partial charge on any atom is -0.410 e. The summed E-state index contributed by atoms with van der Waals surface area (Å²) in [5.41, 5.74) is 0. The van der Waals surface area contributed by atoms with Gasteiger partial charge in [-0.05, 0) is 12.1 Å². The number of ketones is 1. The van der Waals surface area contributed by atoms with E-state index in [0.717, 1.165) is 16.7 Å². The van der Waals surface area contributed by atoms with Crippen molar-refractivity contribution in [1.82, 2.24) is 0 Å². The highest BCUT2D eigenvalue weighted by Crippen LogP contribution is 2.18. The van der Waals surface area contributed by atoms with Crippen LogP contribution in [0.3, 0.4) is 0 Å². The molecule has 0 unspecified atom stereocenters. The maximum absolute atomic E-state index is 10.9. The van der Waals surface area contributed by atoms with Gasteiger partial charge in [-0.1, -0.05) is 35.1 Å². The molecule has 0 atom stereocenters. The molecule has 0 amide bonds. The van der Waals surface area contributed by atoms with E-state index in [1.54, 1.807) is 0 Å². The van der Waals surface area contributed by atoms with Crippen molar-refractivity contribution >= 4 is 22.6 Å². The van der Waals surface area contributed by atoms with E-state index in [1.165, 1.54) is 6.92 Å². The standard InChI is InChI=1S/C9H9NO2S/c1-7(11)9(10-12)13-8-5-3-2-4-6-8/h2-6,12H,1H3/b10-9-. The average molecular weight is 195 g/mol. The van der Waals surface area contributed by atoms with E-state index in [9.17, 15) is 4.79 Å². The Balaban J connectivity index is 2.74. The fraction of sp³-hybridized carbons (Fsp3) is 0.111. The van der Waals surface area contributed by atoms with Gasteiger partial charge in [0, 0.05) is 11.8 Å². The van der Waals surface area contributed by atoms with E-state index < -0.39 is 0 Å². The fourth-order valence-electron chi connectivity index (χ4n) is 0.763. The SMILES string of the molecule is CC(=O)/C(=N/O)Sc1ccccc1. The minimum absolute atomic E-state index is 0.103. The molecule has 4 heteroatoms. The van der Waals surface area contributed by atoms with Crippen molar-refractivity contribution in [2.45, 2.75) is 11.8 Å². The number of carbonyl (C=O) groups excluding carboxylic acids is 1. The van der Waals surface area contributed by atoms with E-state index in [2.05, 4.69) is 5.16 Å². The molecule has 0 aliphatic carbocycles. The number of benzene rings is 1. The Morgan fingerprint density at radius 1 is 1.38 bits per heavy atom. The Morgan fingerprint density at radius 3 is 2.46 bits per heavy atom. The summed E-state index contributed by atoms with van der Waals surface area (Å²) in [6, 6.07) is 9.29.